The summed E-state index contributed by atoms with van der Waals surface area (Å²) in [5.74, 6) is -1.91. The third-order valence-corrected chi connectivity index (χ3v) is 4.10. The van der Waals surface area contributed by atoms with Gasteiger partial charge in [-0.3, -0.25) is 9.59 Å². The first kappa shape index (κ1) is 22.6. The maximum atomic E-state index is 12.3. The van der Waals surface area contributed by atoms with Gasteiger partial charge in [-0.15, -0.1) is 0 Å². The molecule has 0 aliphatic heterocycles. The van der Waals surface area contributed by atoms with Gasteiger partial charge in [0.15, 0.2) is 0 Å². The summed E-state index contributed by atoms with van der Waals surface area (Å²) in [4.78, 5) is 46.4. The number of alkyl carbamates (subject to hydrolysis) is 1. The Hall–Kier alpha value is -3.68. The molecule has 2 amide bonds. The summed E-state index contributed by atoms with van der Waals surface area (Å²) in [5.41, 5.74) is 1.35. The van der Waals surface area contributed by atoms with Gasteiger partial charge in [0.2, 0.25) is 0 Å². The first-order valence-electron chi connectivity index (χ1n) is 9.26. The molecule has 0 radical (unpaired) electrons. The number of esters is 1. The fourth-order valence-corrected chi connectivity index (χ4v) is 2.27. The van der Waals surface area contributed by atoms with Gasteiger partial charge in [-0.05, 0) is 56.2 Å². The quantitative estimate of drug-likeness (QED) is 0.495. The van der Waals surface area contributed by atoms with Crippen LogP contribution in [0.1, 0.15) is 52.6 Å². The standard InChI is InChI=1S/C22H24N2O6/c1-22(2,3)20(28)30-21(29)24-13-15-4-8-16(9-5-15)18(25)23-12-14-6-10-17(11-7-14)19(26)27/h4-11H,12-13H2,1-3H3,(H,23,25)(H,24,29)(H,26,27). The van der Waals surface area contributed by atoms with Gasteiger partial charge in [0.25, 0.3) is 5.91 Å². The van der Waals surface area contributed by atoms with Crippen LogP contribution in [0.25, 0.3) is 0 Å². The number of carboxylic acids is 1. The van der Waals surface area contributed by atoms with E-state index in [9.17, 15) is 19.2 Å². The number of carbonyl (C=O) groups is 4. The summed E-state index contributed by atoms with van der Waals surface area (Å²) >= 11 is 0. The number of ether oxygens (including phenoxy) is 1. The molecule has 2 aromatic carbocycles. The molecule has 158 valence electrons. The summed E-state index contributed by atoms with van der Waals surface area (Å²) < 4.78 is 4.71. The molecule has 0 aromatic heterocycles. The number of rotatable bonds is 6. The second-order valence-electron chi connectivity index (χ2n) is 7.66. The smallest absolute Gasteiger partial charge is 0.415 e. The molecule has 0 spiro atoms. The Kier molecular flexibility index (Phi) is 7.30. The van der Waals surface area contributed by atoms with Crippen molar-refractivity contribution in [2.24, 2.45) is 5.41 Å². The lowest BCUT2D eigenvalue weighted by molar-refractivity contribution is -0.146. The van der Waals surface area contributed by atoms with Gasteiger partial charge in [-0.25, -0.2) is 9.59 Å². The van der Waals surface area contributed by atoms with Crippen molar-refractivity contribution < 1.29 is 29.0 Å². The Morgan fingerprint density at radius 3 is 1.73 bits per heavy atom. The van der Waals surface area contributed by atoms with Crippen LogP contribution in [0, 0.1) is 5.41 Å². The van der Waals surface area contributed by atoms with E-state index < -0.39 is 23.4 Å². The van der Waals surface area contributed by atoms with Crippen LogP contribution in [0.5, 0.6) is 0 Å². The van der Waals surface area contributed by atoms with E-state index in [1.807, 2.05) is 0 Å². The summed E-state index contributed by atoms with van der Waals surface area (Å²) in [7, 11) is 0. The number of aromatic carboxylic acids is 1. The Morgan fingerprint density at radius 1 is 0.800 bits per heavy atom. The molecule has 30 heavy (non-hydrogen) atoms. The average molecular weight is 412 g/mol. The lowest BCUT2D eigenvalue weighted by atomic mass is 9.98. The molecule has 0 fully saturated rings. The Bertz CT molecular complexity index is 928. The van der Waals surface area contributed by atoms with Crippen molar-refractivity contribution in [1.29, 1.82) is 0 Å². The van der Waals surface area contributed by atoms with Gasteiger partial charge in [0.1, 0.15) is 0 Å². The van der Waals surface area contributed by atoms with Crippen LogP contribution < -0.4 is 10.6 Å². The highest BCUT2D eigenvalue weighted by Crippen LogP contribution is 2.15. The molecule has 8 nitrogen and oxygen atoms in total. The molecule has 0 saturated heterocycles. The Morgan fingerprint density at radius 2 is 1.27 bits per heavy atom. The molecule has 0 bridgehead atoms. The van der Waals surface area contributed by atoms with Gasteiger partial charge >= 0.3 is 18.0 Å². The van der Waals surface area contributed by atoms with E-state index in [-0.39, 0.29) is 24.6 Å². The fourth-order valence-electron chi connectivity index (χ4n) is 2.27. The number of carboxylic acid groups (broad SMARTS) is 1. The average Bonchev–Trinajstić information content (AvgIpc) is 2.70. The normalized spacial score (nSPS) is 10.8. The number of amides is 2. The van der Waals surface area contributed by atoms with E-state index in [1.165, 1.54) is 12.1 Å². The largest absolute Gasteiger partial charge is 0.478 e. The van der Waals surface area contributed by atoms with Crippen LogP contribution in [-0.4, -0.2) is 29.0 Å². The molecule has 2 rings (SSSR count). The molecular weight excluding hydrogens is 388 g/mol. The van der Waals surface area contributed by atoms with E-state index in [0.717, 1.165) is 11.1 Å². The lowest BCUT2D eigenvalue weighted by Crippen LogP contribution is -2.32. The van der Waals surface area contributed by atoms with E-state index in [1.54, 1.807) is 57.2 Å². The monoisotopic (exact) mass is 412 g/mol. The van der Waals surface area contributed by atoms with Crippen LogP contribution in [0.2, 0.25) is 0 Å². The Labute approximate surface area is 174 Å². The third-order valence-electron chi connectivity index (χ3n) is 4.10. The van der Waals surface area contributed by atoms with Crippen LogP contribution in [0.3, 0.4) is 0 Å². The van der Waals surface area contributed by atoms with Gasteiger partial charge < -0.3 is 20.5 Å². The predicted octanol–water partition coefficient (Wildman–Crippen LogP) is 3.11. The van der Waals surface area contributed by atoms with Crippen molar-refractivity contribution in [3.63, 3.8) is 0 Å². The van der Waals surface area contributed by atoms with E-state index in [2.05, 4.69) is 10.6 Å². The van der Waals surface area contributed by atoms with Crippen molar-refractivity contribution in [3.8, 4) is 0 Å². The van der Waals surface area contributed by atoms with E-state index in [0.29, 0.717) is 5.56 Å². The summed E-state index contributed by atoms with van der Waals surface area (Å²) in [6.45, 7) is 5.36. The van der Waals surface area contributed by atoms with Gasteiger partial charge in [-0.2, -0.15) is 0 Å². The summed E-state index contributed by atoms with van der Waals surface area (Å²) in [6.07, 6.45) is -0.828. The highest BCUT2D eigenvalue weighted by atomic mass is 16.6. The zero-order valence-corrected chi connectivity index (χ0v) is 17.0. The van der Waals surface area contributed by atoms with Crippen molar-refractivity contribution in [2.75, 3.05) is 0 Å². The van der Waals surface area contributed by atoms with Crippen molar-refractivity contribution in [1.82, 2.24) is 10.6 Å². The van der Waals surface area contributed by atoms with Crippen molar-refractivity contribution in [3.05, 3.63) is 70.8 Å². The lowest BCUT2D eigenvalue weighted by Gasteiger charge is -2.15. The first-order valence-corrected chi connectivity index (χ1v) is 9.26. The molecule has 0 heterocycles. The predicted molar refractivity (Wildman–Crippen MR) is 109 cm³/mol. The van der Waals surface area contributed by atoms with Crippen LogP contribution in [-0.2, 0) is 22.6 Å². The zero-order chi connectivity index (χ0) is 22.3. The molecule has 0 atom stereocenters. The number of hydrogen-bond acceptors (Lipinski definition) is 5. The maximum Gasteiger partial charge on any atom is 0.415 e. The van der Waals surface area contributed by atoms with Gasteiger partial charge in [-0.1, -0.05) is 24.3 Å². The number of nitrogens with one attached hydrogen (secondary N) is 2. The second-order valence-corrected chi connectivity index (χ2v) is 7.66. The molecule has 0 saturated carbocycles. The topological polar surface area (TPSA) is 122 Å². The number of carbonyl (C=O) groups excluding carboxylic acids is 3. The SMILES string of the molecule is CC(C)(C)C(=O)OC(=O)NCc1ccc(C(=O)NCc2ccc(C(=O)O)cc2)cc1. The minimum atomic E-state index is -1.01. The Balaban J connectivity index is 1.83. The highest BCUT2D eigenvalue weighted by Gasteiger charge is 2.25. The van der Waals surface area contributed by atoms with Crippen LogP contribution >= 0.6 is 0 Å². The van der Waals surface area contributed by atoms with Gasteiger partial charge in [0, 0.05) is 18.7 Å². The molecule has 0 unspecified atom stereocenters. The highest BCUT2D eigenvalue weighted by molar-refractivity contribution is 5.94. The maximum absolute atomic E-state index is 12.3. The van der Waals surface area contributed by atoms with Gasteiger partial charge in [0.05, 0.1) is 11.0 Å². The van der Waals surface area contributed by atoms with Crippen molar-refractivity contribution in [2.45, 2.75) is 33.9 Å². The number of benzene rings is 2. The first-order chi connectivity index (χ1) is 14.1. The van der Waals surface area contributed by atoms with Crippen LogP contribution in [0.15, 0.2) is 48.5 Å². The zero-order valence-electron chi connectivity index (χ0n) is 17.0. The second kappa shape index (κ2) is 9.69. The van der Waals surface area contributed by atoms with Crippen LogP contribution in [0.4, 0.5) is 4.79 Å². The molecule has 3 N–H and O–H groups in total. The molecular formula is C22H24N2O6. The minimum absolute atomic E-state index is 0.147. The van der Waals surface area contributed by atoms with Crippen molar-refractivity contribution >= 4 is 23.9 Å². The van der Waals surface area contributed by atoms with E-state index >= 15 is 0 Å². The van der Waals surface area contributed by atoms with E-state index in [4.69, 9.17) is 9.84 Å². The molecule has 8 heteroatoms. The number of hydrogen-bond donors (Lipinski definition) is 3. The summed E-state index contributed by atoms with van der Waals surface area (Å²) in [5, 5.41) is 14.1. The molecule has 2 aromatic rings. The minimum Gasteiger partial charge on any atom is -0.478 e. The summed E-state index contributed by atoms with van der Waals surface area (Å²) in [6, 6.07) is 12.8. The fraction of sp³-hybridized carbons (Fsp3) is 0.273. The molecule has 0 aliphatic rings. The molecule has 0 aliphatic carbocycles. The third kappa shape index (κ3) is 6.73.